The second-order valence-electron chi connectivity index (χ2n) is 12.0. The highest BCUT2D eigenvalue weighted by atomic mass is 32.2. The third-order valence-corrected chi connectivity index (χ3v) is 10.7. The van der Waals surface area contributed by atoms with Crippen molar-refractivity contribution in [1.29, 1.82) is 0 Å². The van der Waals surface area contributed by atoms with Gasteiger partial charge in [0, 0.05) is 16.8 Å². The van der Waals surface area contributed by atoms with Crippen molar-refractivity contribution in [3.8, 4) is 5.75 Å². The third kappa shape index (κ3) is 8.18. The minimum atomic E-state index is -4.80. The number of anilines is 2. The zero-order chi connectivity index (χ0) is 36.3. The number of azo groups is 2. The molecule has 11 nitrogen and oxygen atoms in total. The van der Waals surface area contributed by atoms with Gasteiger partial charge < -0.3 is 10.4 Å². The normalized spacial score (nSPS) is 12.2. The van der Waals surface area contributed by atoms with Crippen LogP contribution in [0, 0.1) is 20.8 Å². The van der Waals surface area contributed by atoms with E-state index in [9.17, 15) is 26.5 Å². The van der Waals surface area contributed by atoms with Crippen LogP contribution in [-0.4, -0.2) is 26.5 Å². The summed E-state index contributed by atoms with van der Waals surface area (Å²) in [4.78, 5) is -0.412. The van der Waals surface area contributed by atoms with Crippen LogP contribution in [0.1, 0.15) is 22.3 Å². The summed E-state index contributed by atoms with van der Waals surface area (Å²) in [5.41, 5.74) is 5.47. The summed E-state index contributed by atoms with van der Waals surface area (Å²) in [5, 5.41) is 31.9. The number of nitrogens with one attached hydrogen (secondary N) is 1. The molecular weight excluding hydrogens is 687 g/mol. The van der Waals surface area contributed by atoms with Gasteiger partial charge >= 0.3 is 0 Å². The molecule has 0 unspecified atom stereocenters. The van der Waals surface area contributed by atoms with Crippen molar-refractivity contribution in [3.63, 3.8) is 0 Å². The monoisotopic (exact) mass is 719 g/mol. The summed E-state index contributed by atoms with van der Waals surface area (Å²) in [5.74, 6) is -0.564. The molecule has 0 atom stereocenters. The number of hydrogen-bond acceptors (Lipinski definition) is 10. The number of para-hydroxylation sites is 1. The molecule has 0 saturated heterocycles. The predicted molar refractivity (Wildman–Crippen MR) is 198 cm³/mol. The van der Waals surface area contributed by atoms with Crippen LogP contribution in [0.5, 0.6) is 5.75 Å². The summed E-state index contributed by atoms with van der Waals surface area (Å²) >= 11 is 0. The number of hydrogen-bond donors (Lipinski definition) is 3. The molecular formula is C38H33N5O6S2. The van der Waals surface area contributed by atoms with Gasteiger partial charge in [-0.05, 0) is 116 Å². The number of fused-ring (bicyclic) bond motifs is 1. The van der Waals surface area contributed by atoms with Crippen LogP contribution in [-0.2, 0) is 25.7 Å². The van der Waals surface area contributed by atoms with Crippen molar-refractivity contribution in [3.05, 3.63) is 138 Å². The minimum absolute atomic E-state index is 0.109. The molecule has 0 amide bonds. The number of sulfone groups is 1. The molecule has 6 rings (SSSR count). The fourth-order valence-electron chi connectivity index (χ4n) is 5.33. The lowest BCUT2D eigenvalue weighted by Gasteiger charge is -2.12. The number of rotatable bonds is 10. The molecule has 0 aromatic heterocycles. The zero-order valence-electron chi connectivity index (χ0n) is 27.8. The quantitative estimate of drug-likeness (QED) is 0.0934. The van der Waals surface area contributed by atoms with Crippen LogP contribution in [0.2, 0.25) is 0 Å². The van der Waals surface area contributed by atoms with E-state index in [1.807, 2.05) is 49.4 Å². The van der Waals surface area contributed by atoms with Crippen LogP contribution < -0.4 is 5.32 Å². The highest BCUT2D eigenvalue weighted by Gasteiger charge is 2.22. The van der Waals surface area contributed by atoms with Crippen LogP contribution in [0.15, 0.2) is 146 Å². The number of phenolic OH excluding ortho intramolecular Hbond substituents is 1. The van der Waals surface area contributed by atoms with Gasteiger partial charge in [-0.2, -0.15) is 23.8 Å². The zero-order valence-corrected chi connectivity index (χ0v) is 29.4. The highest BCUT2D eigenvalue weighted by Crippen LogP contribution is 2.43. The smallest absolute Gasteiger partial charge is 0.296 e. The Morgan fingerprint density at radius 3 is 1.90 bits per heavy atom. The maximum atomic E-state index is 12.9. The average Bonchev–Trinajstić information content (AvgIpc) is 3.09. The number of aromatic hydroxyl groups is 1. The Labute approximate surface area is 295 Å². The van der Waals surface area contributed by atoms with E-state index in [0.717, 1.165) is 11.3 Å². The molecule has 0 aliphatic carbocycles. The number of benzene rings is 6. The van der Waals surface area contributed by atoms with E-state index in [1.54, 1.807) is 68.4 Å². The van der Waals surface area contributed by atoms with Gasteiger partial charge in [0.1, 0.15) is 10.6 Å². The van der Waals surface area contributed by atoms with Crippen LogP contribution in [0.25, 0.3) is 10.8 Å². The van der Waals surface area contributed by atoms with Crippen molar-refractivity contribution in [2.45, 2.75) is 36.3 Å². The first-order chi connectivity index (χ1) is 24.3. The van der Waals surface area contributed by atoms with Gasteiger partial charge in [0.05, 0.1) is 27.7 Å². The van der Waals surface area contributed by atoms with Crippen molar-refractivity contribution >= 4 is 64.9 Å². The van der Waals surface area contributed by atoms with E-state index >= 15 is 0 Å². The van der Waals surface area contributed by atoms with Crippen molar-refractivity contribution < 1.29 is 26.5 Å². The van der Waals surface area contributed by atoms with Crippen molar-refractivity contribution in [2.75, 3.05) is 5.32 Å². The lowest BCUT2D eigenvalue weighted by atomic mass is 10.1. The van der Waals surface area contributed by atoms with Gasteiger partial charge in [-0.3, -0.25) is 4.55 Å². The second kappa shape index (κ2) is 14.2. The Morgan fingerprint density at radius 2 is 1.27 bits per heavy atom. The molecule has 0 spiro atoms. The topological polar surface area (TPSA) is 170 Å². The largest absolute Gasteiger partial charge is 0.505 e. The molecule has 0 heterocycles. The molecule has 0 bridgehead atoms. The molecule has 0 fully saturated rings. The molecule has 0 radical (unpaired) electrons. The number of phenols is 1. The van der Waals surface area contributed by atoms with Crippen LogP contribution in [0.3, 0.4) is 0 Å². The van der Waals surface area contributed by atoms with Gasteiger partial charge in [0.2, 0.25) is 0 Å². The highest BCUT2D eigenvalue weighted by molar-refractivity contribution is 7.90. The summed E-state index contributed by atoms with van der Waals surface area (Å²) in [7, 11) is -8.35. The molecule has 0 aliphatic rings. The van der Waals surface area contributed by atoms with E-state index in [2.05, 4.69) is 25.8 Å². The summed E-state index contributed by atoms with van der Waals surface area (Å²) < 4.78 is 60.7. The Morgan fingerprint density at radius 1 is 0.647 bits per heavy atom. The molecule has 3 N–H and O–H groups in total. The third-order valence-electron chi connectivity index (χ3n) is 8.11. The van der Waals surface area contributed by atoms with Gasteiger partial charge in [-0.1, -0.05) is 48.0 Å². The van der Waals surface area contributed by atoms with Crippen LogP contribution in [0.4, 0.5) is 34.1 Å². The summed E-state index contributed by atoms with van der Waals surface area (Å²) in [6.45, 7) is 5.48. The molecule has 6 aromatic carbocycles. The molecule has 0 saturated carbocycles. The Bertz CT molecular complexity index is 2540. The van der Waals surface area contributed by atoms with Gasteiger partial charge in [-0.15, -0.1) is 5.11 Å². The molecule has 0 aliphatic heterocycles. The molecule has 258 valence electrons. The Hall–Kier alpha value is -5.76. The second-order valence-corrected chi connectivity index (χ2v) is 15.4. The maximum Gasteiger partial charge on any atom is 0.296 e. The first-order valence-electron chi connectivity index (χ1n) is 15.7. The SMILES string of the molecule is Cc1ccc(CS(=O)(=O)c2ccc(N=Nc3cc(C)c(N=Nc4c(S(=O)(=O)O)cc5cc(Nc6ccccc6)ccc5c4O)cc3C)cc2)cc1. The lowest BCUT2D eigenvalue weighted by molar-refractivity contribution is 0.472. The Balaban J connectivity index is 1.23. The summed E-state index contributed by atoms with van der Waals surface area (Å²) in [6, 6.07) is 32.5. The number of nitrogens with zero attached hydrogens (tertiary/aromatic N) is 4. The average molecular weight is 720 g/mol. The molecule has 6 aromatic rings. The van der Waals surface area contributed by atoms with E-state index < -0.39 is 36.3 Å². The van der Waals surface area contributed by atoms with E-state index in [4.69, 9.17) is 0 Å². The molecule has 13 heteroatoms. The standard InChI is InChI=1S/C38H33N5O6S2/c1-24-9-11-27(12-10-24)23-50(45,46)32-16-13-30(14-17-32)40-41-34-19-26(3)35(20-25(34)2)42-43-37-36(51(47,48)49)22-28-21-31(15-18-33(28)38(37)44)39-29-7-5-4-6-8-29/h4-22,39,44H,23H2,1-3H3,(H,47,48,49). The maximum absolute atomic E-state index is 12.9. The Kier molecular flexibility index (Phi) is 9.79. The summed E-state index contributed by atoms with van der Waals surface area (Å²) in [6.07, 6.45) is 0. The van der Waals surface area contributed by atoms with Crippen molar-refractivity contribution in [1.82, 2.24) is 0 Å². The first-order valence-corrected chi connectivity index (χ1v) is 18.8. The fourth-order valence-corrected chi connectivity index (χ4v) is 7.34. The van der Waals surface area contributed by atoms with Gasteiger partial charge in [0.15, 0.2) is 15.6 Å². The van der Waals surface area contributed by atoms with Crippen molar-refractivity contribution in [2.24, 2.45) is 20.5 Å². The van der Waals surface area contributed by atoms with E-state index in [-0.39, 0.29) is 10.6 Å². The lowest BCUT2D eigenvalue weighted by Crippen LogP contribution is -2.04. The first kappa shape index (κ1) is 35.1. The molecule has 51 heavy (non-hydrogen) atoms. The fraction of sp³-hybridized carbons (Fsp3) is 0.105. The van der Waals surface area contributed by atoms with Crippen LogP contribution >= 0.6 is 0 Å². The minimum Gasteiger partial charge on any atom is -0.505 e. The van der Waals surface area contributed by atoms with E-state index in [1.165, 1.54) is 18.2 Å². The number of aryl methyl sites for hydroxylation is 3. The van der Waals surface area contributed by atoms with Gasteiger partial charge in [-0.25, -0.2) is 8.42 Å². The van der Waals surface area contributed by atoms with Gasteiger partial charge in [0.25, 0.3) is 10.1 Å². The predicted octanol–water partition coefficient (Wildman–Crippen LogP) is 10.3. The van der Waals surface area contributed by atoms with E-state index in [0.29, 0.717) is 50.2 Å².